The first-order valence-electron chi connectivity index (χ1n) is 4.89. The molecule has 1 aromatic rings. The predicted molar refractivity (Wildman–Crippen MR) is 71.2 cm³/mol. The van der Waals surface area contributed by atoms with Gasteiger partial charge in [-0.25, -0.2) is 0 Å². The summed E-state index contributed by atoms with van der Waals surface area (Å²) in [6, 6.07) is 5.66. The number of nitrogens with zero attached hydrogens (tertiary/aromatic N) is 1. The second kappa shape index (κ2) is 6.74. The van der Waals surface area contributed by atoms with Crippen LogP contribution in [0.3, 0.4) is 0 Å². The fraction of sp³-hybridized carbons (Fsp3) is 0.455. The maximum atomic E-state index is 6.11. The van der Waals surface area contributed by atoms with Crippen molar-refractivity contribution in [1.82, 2.24) is 4.90 Å². The van der Waals surface area contributed by atoms with Crippen molar-refractivity contribution in [3.05, 3.63) is 33.8 Å². The molecule has 0 N–H and O–H groups in total. The van der Waals surface area contributed by atoms with Gasteiger partial charge in [0.05, 0.1) is 0 Å². The predicted octanol–water partition coefficient (Wildman–Crippen LogP) is 4.21. The van der Waals surface area contributed by atoms with Gasteiger partial charge >= 0.3 is 0 Å². The van der Waals surface area contributed by atoms with Crippen LogP contribution in [0.1, 0.15) is 12.5 Å². The van der Waals surface area contributed by atoms with E-state index >= 15 is 0 Å². The Morgan fingerprint density at radius 3 is 2.60 bits per heavy atom. The Morgan fingerprint density at radius 2 is 2.07 bits per heavy atom. The van der Waals surface area contributed by atoms with E-state index in [-0.39, 0.29) is 0 Å². The maximum absolute atomic E-state index is 6.11. The SMILES string of the molecule is CCN(CCBr)Cc1ccc(Cl)cc1Cl. The number of benzene rings is 1. The van der Waals surface area contributed by atoms with Crippen LogP contribution in [0.4, 0.5) is 0 Å². The zero-order valence-electron chi connectivity index (χ0n) is 8.64. The van der Waals surface area contributed by atoms with Gasteiger partial charge in [0.25, 0.3) is 0 Å². The second-order valence-corrected chi connectivity index (χ2v) is 4.93. The molecule has 0 fully saturated rings. The molecule has 0 aliphatic carbocycles. The molecule has 0 aromatic heterocycles. The molecule has 15 heavy (non-hydrogen) atoms. The topological polar surface area (TPSA) is 3.24 Å². The molecular formula is C11H14BrCl2N. The van der Waals surface area contributed by atoms with Crippen molar-refractivity contribution < 1.29 is 0 Å². The van der Waals surface area contributed by atoms with Crippen molar-refractivity contribution in [3.63, 3.8) is 0 Å². The third-order valence-corrected chi connectivity index (χ3v) is 3.20. The lowest BCUT2D eigenvalue weighted by atomic mass is 10.2. The Morgan fingerprint density at radius 1 is 1.33 bits per heavy atom. The summed E-state index contributed by atoms with van der Waals surface area (Å²) >= 11 is 15.4. The fourth-order valence-electron chi connectivity index (χ4n) is 1.36. The molecule has 1 aromatic carbocycles. The first kappa shape index (κ1) is 13.3. The van der Waals surface area contributed by atoms with Crippen LogP contribution >= 0.6 is 39.1 Å². The van der Waals surface area contributed by atoms with Gasteiger partial charge in [0.1, 0.15) is 0 Å². The fourth-order valence-corrected chi connectivity index (χ4v) is 2.33. The van der Waals surface area contributed by atoms with E-state index in [0.717, 1.165) is 35.6 Å². The van der Waals surface area contributed by atoms with Crippen molar-refractivity contribution in [3.8, 4) is 0 Å². The minimum Gasteiger partial charge on any atom is -0.298 e. The van der Waals surface area contributed by atoms with Gasteiger partial charge in [-0.2, -0.15) is 0 Å². The van der Waals surface area contributed by atoms with Crippen LogP contribution in [0.25, 0.3) is 0 Å². The van der Waals surface area contributed by atoms with Crippen molar-refractivity contribution in [2.75, 3.05) is 18.4 Å². The van der Waals surface area contributed by atoms with Crippen molar-refractivity contribution in [2.45, 2.75) is 13.5 Å². The second-order valence-electron chi connectivity index (χ2n) is 3.29. The summed E-state index contributed by atoms with van der Waals surface area (Å²) in [5, 5.41) is 2.41. The van der Waals surface area contributed by atoms with Gasteiger partial charge in [0.15, 0.2) is 0 Å². The van der Waals surface area contributed by atoms with E-state index < -0.39 is 0 Å². The molecule has 1 rings (SSSR count). The van der Waals surface area contributed by atoms with Crippen LogP contribution in [0.2, 0.25) is 10.0 Å². The zero-order chi connectivity index (χ0) is 11.3. The van der Waals surface area contributed by atoms with Gasteiger partial charge in [-0.05, 0) is 24.2 Å². The molecule has 1 nitrogen and oxygen atoms in total. The van der Waals surface area contributed by atoms with Crippen molar-refractivity contribution >= 4 is 39.1 Å². The molecule has 0 saturated heterocycles. The highest BCUT2D eigenvalue weighted by atomic mass is 79.9. The highest BCUT2D eigenvalue weighted by Crippen LogP contribution is 2.22. The monoisotopic (exact) mass is 309 g/mol. The van der Waals surface area contributed by atoms with E-state index in [0.29, 0.717) is 5.02 Å². The summed E-state index contributed by atoms with van der Waals surface area (Å²) in [5.41, 5.74) is 1.13. The highest BCUT2D eigenvalue weighted by molar-refractivity contribution is 9.09. The van der Waals surface area contributed by atoms with Gasteiger partial charge in [0.2, 0.25) is 0 Å². The lowest BCUT2D eigenvalue weighted by Gasteiger charge is -2.19. The minimum atomic E-state index is 0.687. The smallest absolute Gasteiger partial charge is 0.0465 e. The molecule has 0 spiro atoms. The molecule has 0 heterocycles. The van der Waals surface area contributed by atoms with Crippen LogP contribution < -0.4 is 0 Å². The van der Waals surface area contributed by atoms with Crippen molar-refractivity contribution in [1.29, 1.82) is 0 Å². The van der Waals surface area contributed by atoms with Gasteiger partial charge in [-0.1, -0.05) is 52.1 Å². The van der Waals surface area contributed by atoms with Crippen LogP contribution in [0.5, 0.6) is 0 Å². The molecule has 0 saturated carbocycles. The average Bonchev–Trinajstić information content (AvgIpc) is 2.21. The normalized spacial score (nSPS) is 11.0. The number of rotatable bonds is 5. The van der Waals surface area contributed by atoms with Gasteiger partial charge in [0, 0.05) is 28.5 Å². The summed E-state index contributed by atoms with van der Waals surface area (Å²) in [7, 11) is 0. The van der Waals surface area contributed by atoms with E-state index in [4.69, 9.17) is 23.2 Å². The third kappa shape index (κ3) is 4.31. The minimum absolute atomic E-state index is 0.687. The van der Waals surface area contributed by atoms with Gasteiger partial charge < -0.3 is 0 Å². The number of alkyl halides is 1. The number of hydrogen-bond donors (Lipinski definition) is 0. The molecular weight excluding hydrogens is 297 g/mol. The molecule has 0 atom stereocenters. The summed E-state index contributed by atoms with van der Waals surface area (Å²) in [5.74, 6) is 0. The first-order valence-corrected chi connectivity index (χ1v) is 6.77. The molecule has 84 valence electrons. The van der Waals surface area contributed by atoms with Crippen LogP contribution in [0, 0.1) is 0 Å². The lowest BCUT2D eigenvalue weighted by Crippen LogP contribution is -2.24. The zero-order valence-corrected chi connectivity index (χ0v) is 11.7. The van der Waals surface area contributed by atoms with Crippen molar-refractivity contribution in [2.24, 2.45) is 0 Å². The first-order chi connectivity index (χ1) is 7.17. The number of hydrogen-bond acceptors (Lipinski definition) is 1. The van der Waals surface area contributed by atoms with Crippen LogP contribution in [0.15, 0.2) is 18.2 Å². The Hall–Kier alpha value is 0.240. The standard InChI is InChI=1S/C11H14BrCl2N/c1-2-15(6-5-12)8-9-3-4-10(13)7-11(9)14/h3-4,7H,2,5-6,8H2,1H3. The van der Waals surface area contributed by atoms with E-state index in [1.807, 2.05) is 12.1 Å². The molecule has 4 heteroatoms. The number of halogens is 3. The molecule has 0 aliphatic heterocycles. The summed E-state index contributed by atoms with van der Waals surface area (Å²) < 4.78 is 0. The van der Waals surface area contributed by atoms with E-state index in [1.165, 1.54) is 0 Å². The van der Waals surface area contributed by atoms with E-state index in [1.54, 1.807) is 6.07 Å². The van der Waals surface area contributed by atoms with E-state index in [2.05, 4.69) is 27.8 Å². The van der Waals surface area contributed by atoms with Crippen LogP contribution in [-0.2, 0) is 6.54 Å². The van der Waals surface area contributed by atoms with Crippen LogP contribution in [-0.4, -0.2) is 23.3 Å². The largest absolute Gasteiger partial charge is 0.298 e. The average molecular weight is 311 g/mol. The van der Waals surface area contributed by atoms with Gasteiger partial charge in [-0.15, -0.1) is 0 Å². The molecule has 0 unspecified atom stereocenters. The summed E-state index contributed by atoms with van der Waals surface area (Å²) in [6.07, 6.45) is 0. The molecule has 0 amide bonds. The Kier molecular flexibility index (Phi) is 5.98. The Bertz CT molecular complexity index is 317. The van der Waals surface area contributed by atoms with Gasteiger partial charge in [-0.3, -0.25) is 4.90 Å². The molecule has 0 radical (unpaired) electrons. The highest BCUT2D eigenvalue weighted by Gasteiger charge is 2.06. The lowest BCUT2D eigenvalue weighted by molar-refractivity contribution is 0.299. The quantitative estimate of drug-likeness (QED) is 0.736. The molecule has 0 aliphatic rings. The Balaban J connectivity index is 2.70. The summed E-state index contributed by atoms with van der Waals surface area (Å²) in [6.45, 7) is 5.06. The molecule has 0 bridgehead atoms. The maximum Gasteiger partial charge on any atom is 0.0465 e. The third-order valence-electron chi connectivity index (χ3n) is 2.26. The Labute approximate surface area is 109 Å². The summed E-state index contributed by atoms with van der Waals surface area (Å²) in [4.78, 5) is 2.32. The van der Waals surface area contributed by atoms with E-state index in [9.17, 15) is 0 Å².